The number of H-pyrrole nitrogens is 1. The first-order valence-electron chi connectivity index (χ1n) is 7.79. The van der Waals surface area contributed by atoms with Gasteiger partial charge in [0.05, 0.1) is 11.0 Å². The summed E-state index contributed by atoms with van der Waals surface area (Å²) < 4.78 is 13.1. The highest BCUT2D eigenvalue weighted by molar-refractivity contribution is 5.79. The number of hydrogen-bond donors (Lipinski definition) is 3. The zero-order valence-electron chi connectivity index (χ0n) is 12.4. The molecule has 1 aromatic heterocycles. The molecule has 1 saturated carbocycles. The molecular formula is C16H21FN4O. The van der Waals surface area contributed by atoms with Crippen molar-refractivity contribution in [1.82, 2.24) is 15.3 Å². The topological polar surface area (TPSA) is 83.8 Å². The van der Waals surface area contributed by atoms with Crippen molar-refractivity contribution in [1.29, 1.82) is 0 Å². The fourth-order valence-corrected chi connectivity index (χ4v) is 3.25. The van der Waals surface area contributed by atoms with Gasteiger partial charge in [-0.15, -0.1) is 0 Å². The molecule has 0 aliphatic heterocycles. The van der Waals surface area contributed by atoms with E-state index in [9.17, 15) is 9.18 Å². The largest absolute Gasteiger partial charge is 0.355 e. The number of imidazole rings is 1. The Morgan fingerprint density at radius 3 is 3.14 bits per heavy atom. The van der Waals surface area contributed by atoms with Crippen LogP contribution in [0.15, 0.2) is 18.2 Å². The van der Waals surface area contributed by atoms with Gasteiger partial charge in [0.2, 0.25) is 5.91 Å². The molecule has 0 unspecified atom stereocenters. The molecule has 1 fully saturated rings. The Morgan fingerprint density at radius 1 is 1.45 bits per heavy atom. The first-order chi connectivity index (χ1) is 10.7. The van der Waals surface area contributed by atoms with Crippen molar-refractivity contribution in [2.75, 3.05) is 13.1 Å². The van der Waals surface area contributed by atoms with Gasteiger partial charge in [-0.3, -0.25) is 4.79 Å². The maximum atomic E-state index is 13.1. The van der Waals surface area contributed by atoms with Gasteiger partial charge in [0.25, 0.3) is 0 Å². The highest BCUT2D eigenvalue weighted by atomic mass is 19.1. The van der Waals surface area contributed by atoms with E-state index in [1.165, 1.54) is 12.1 Å². The molecule has 1 aliphatic carbocycles. The second-order valence-corrected chi connectivity index (χ2v) is 5.92. The molecule has 3 rings (SSSR count). The predicted molar refractivity (Wildman–Crippen MR) is 82.7 cm³/mol. The van der Waals surface area contributed by atoms with Gasteiger partial charge in [0.1, 0.15) is 11.6 Å². The summed E-state index contributed by atoms with van der Waals surface area (Å²) >= 11 is 0. The summed E-state index contributed by atoms with van der Waals surface area (Å²) in [5.74, 6) is 0.923. The van der Waals surface area contributed by atoms with Crippen molar-refractivity contribution in [2.24, 2.45) is 17.6 Å². The van der Waals surface area contributed by atoms with Crippen LogP contribution in [0, 0.1) is 17.7 Å². The van der Waals surface area contributed by atoms with Gasteiger partial charge in [-0.2, -0.15) is 0 Å². The highest BCUT2D eigenvalue weighted by Gasteiger charge is 2.31. The third-order valence-electron chi connectivity index (χ3n) is 4.45. The molecule has 1 amide bonds. The molecule has 118 valence electrons. The predicted octanol–water partition coefficient (Wildman–Crippen LogP) is 1.74. The van der Waals surface area contributed by atoms with Crippen molar-refractivity contribution in [3.8, 4) is 0 Å². The van der Waals surface area contributed by atoms with E-state index in [-0.39, 0.29) is 17.6 Å². The van der Waals surface area contributed by atoms with Crippen LogP contribution in [0.25, 0.3) is 11.0 Å². The van der Waals surface area contributed by atoms with E-state index in [1.807, 2.05) is 0 Å². The first-order valence-corrected chi connectivity index (χ1v) is 7.79. The van der Waals surface area contributed by atoms with Crippen LogP contribution in [0.1, 0.15) is 25.1 Å². The molecule has 0 radical (unpaired) electrons. The Kier molecular flexibility index (Phi) is 4.38. The third kappa shape index (κ3) is 3.11. The number of halogens is 1. The van der Waals surface area contributed by atoms with Gasteiger partial charge >= 0.3 is 0 Å². The molecule has 0 saturated heterocycles. The molecule has 0 spiro atoms. The summed E-state index contributed by atoms with van der Waals surface area (Å²) in [5.41, 5.74) is 7.13. The fourth-order valence-electron chi connectivity index (χ4n) is 3.25. The molecule has 1 aromatic carbocycles. The summed E-state index contributed by atoms with van der Waals surface area (Å²) in [6, 6.07) is 4.46. The number of nitrogens with zero attached hydrogens (tertiary/aromatic N) is 1. The molecule has 22 heavy (non-hydrogen) atoms. The summed E-state index contributed by atoms with van der Waals surface area (Å²) in [7, 11) is 0. The monoisotopic (exact) mass is 304 g/mol. The molecule has 2 aromatic rings. The van der Waals surface area contributed by atoms with Crippen molar-refractivity contribution >= 4 is 16.9 Å². The van der Waals surface area contributed by atoms with Gasteiger partial charge in [-0.05, 0) is 43.5 Å². The van der Waals surface area contributed by atoms with Crippen molar-refractivity contribution in [3.05, 3.63) is 29.8 Å². The smallest absolute Gasteiger partial charge is 0.223 e. The highest BCUT2D eigenvalue weighted by Crippen LogP contribution is 2.30. The SMILES string of the molecule is NC[C@H]1CCC[C@H]1C(=O)NCCc1nc2ccc(F)cc2[nH]1. The van der Waals surface area contributed by atoms with Crippen LogP contribution >= 0.6 is 0 Å². The summed E-state index contributed by atoms with van der Waals surface area (Å²) in [4.78, 5) is 19.6. The van der Waals surface area contributed by atoms with E-state index in [1.54, 1.807) is 6.07 Å². The van der Waals surface area contributed by atoms with Gasteiger partial charge in [0, 0.05) is 18.9 Å². The van der Waals surface area contributed by atoms with Crippen molar-refractivity contribution in [2.45, 2.75) is 25.7 Å². The van der Waals surface area contributed by atoms with Gasteiger partial charge in [-0.25, -0.2) is 9.37 Å². The van der Waals surface area contributed by atoms with Crippen molar-refractivity contribution in [3.63, 3.8) is 0 Å². The van der Waals surface area contributed by atoms with Crippen LogP contribution in [0.5, 0.6) is 0 Å². The Hall–Kier alpha value is -1.95. The molecule has 6 heteroatoms. The molecule has 1 heterocycles. The molecule has 4 N–H and O–H groups in total. The first kappa shape index (κ1) is 15.0. The standard InChI is InChI=1S/C16H21FN4O/c17-11-4-5-13-14(8-11)21-15(20-13)6-7-19-16(22)12-3-1-2-10(12)9-18/h4-5,8,10,12H,1-3,6-7,9,18H2,(H,19,22)(H,20,21)/t10-,12-/m1/s1. The van der Waals surface area contributed by atoms with Crippen LogP contribution in [0.2, 0.25) is 0 Å². The minimum Gasteiger partial charge on any atom is -0.355 e. The van der Waals surface area contributed by atoms with E-state index in [4.69, 9.17) is 5.73 Å². The zero-order valence-corrected chi connectivity index (χ0v) is 12.4. The van der Waals surface area contributed by atoms with Crippen LogP contribution in [-0.4, -0.2) is 29.0 Å². The number of nitrogens with two attached hydrogens (primary N) is 1. The number of aromatic nitrogens is 2. The summed E-state index contributed by atoms with van der Waals surface area (Å²) in [5, 5.41) is 2.96. The van der Waals surface area contributed by atoms with E-state index >= 15 is 0 Å². The Balaban J connectivity index is 1.54. The maximum Gasteiger partial charge on any atom is 0.223 e. The van der Waals surface area contributed by atoms with Gasteiger partial charge in [-0.1, -0.05) is 6.42 Å². The summed E-state index contributed by atoms with van der Waals surface area (Å²) in [6.07, 6.45) is 3.65. The lowest BCUT2D eigenvalue weighted by Gasteiger charge is -2.17. The van der Waals surface area contributed by atoms with E-state index in [2.05, 4.69) is 15.3 Å². The normalized spacial score (nSPS) is 21.4. The second kappa shape index (κ2) is 6.44. The number of aromatic amines is 1. The number of rotatable bonds is 5. The number of amides is 1. The minimum atomic E-state index is -0.287. The number of carbonyl (C=O) groups excluding carboxylic acids is 1. The van der Waals surface area contributed by atoms with Crippen LogP contribution in [0.4, 0.5) is 4.39 Å². The van der Waals surface area contributed by atoms with Crippen LogP contribution in [-0.2, 0) is 11.2 Å². The summed E-state index contributed by atoms with van der Waals surface area (Å²) in [6.45, 7) is 1.10. The average Bonchev–Trinajstić information content (AvgIpc) is 3.12. The van der Waals surface area contributed by atoms with Crippen LogP contribution < -0.4 is 11.1 Å². The minimum absolute atomic E-state index is 0.0507. The lowest BCUT2D eigenvalue weighted by Crippen LogP contribution is -2.36. The Labute approximate surface area is 128 Å². The maximum absolute atomic E-state index is 13.1. The lowest BCUT2D eigenvalue weighted by atomic mass is 9.95. The lowest BCUT2D eigenvalue weighted by molar-refractivity contribution is -0.125. The van der Waals surface area contributed by atoms with Crippen molar-refractivity contribution < 1.29 is 9.18 Å². The number of nitrogens with one attached hydrogen (secondary N) is 2. The number of hydrogen-bond acceptors (Lipinski definition) is 3. The van der Waals surface area contributed by atoms with E-state index in [0.717, 1.165) is 30.6 Å². The molecule has 2 atom stereocenters. The second-order valence-electron chi connectivity index (χ2n) is 5.92. The van der Waals surface area contributed by atoms with E-state index in [0.29, 0.717) is 30.9 Å². The average molecular weight is 304 g/mol. The number of benzene rings is 1. The molecule has 1 aliphatic rings. The fraction of sp³-hybridized carbons (Fsp3) is 0.500. The number of fused-ring (bicyclic) bond motifs is 1. The Bertz CT molecular complexity index is 669. The zero-order chi connectivity index (χ0) is 15.5. The molecule has 0 bridgehead atoms. The Morgan fingerprint density at radius 2 is 2.32 bits per heavy atom. The van der Waals surface area contributed by atoms with Crippen LogP contribution in [0.3, 0.4) is 0 Å². The third-order valence-corrected chi connectivity index (χ3v) is 4.45. The molecular weight excluding hydrogens is 283 g/mol. The quantitative estimate of drug-likeness (QED) is 0.786. The van der Waals surface area contributed by atoms with Gasteiger partial charge in [0.15, 0.2) is 0 Å². The molecule has 5 nitrogen and oxygen atoms in total. The van der Waals surface area contributed by atoms with Gasteiger partial charge < -0.3 is 16.0 Å². The number of carbonyl (C=O) groups is 1. The van der Waals surface area contributed by atoms with E-state index < -0.39 is 0 Å².